The molecule has 1 atom stereocenters. The summed E-state index contributed by atoms with van der Waals surface area (Å²) in [6.07, 6.45) is 6.23. The Morgan fingerprint density at radius 3 is 3.17 bits per heavy atom. The van der Waals surface area contributed by atoms with Gasteiger partial charge in [0.25, 0.3) is 0 Å². The average molecular weight is 309 g/mol. The second-order valence-corrected chi connectivity index (χ2v) is 6.00. The topological polar surface area (TPSA) is 82.6 Å². The summed E-state index contributed by atoms with van der Waals surface area (Å²) >= 11 is 0. The van der Waals surface area contributed by atoms with Gasteiger partial charge in [0.1, 0.15) is 17.7 Å². The highest BCUT2D eigenvalue weighted by molar-refractivity contribution is 5.82. The molecule has 0 amide bonds. The number of hydrogen-bond acceptors (Lipinski definition) is 6. The molecule has 0 saturated carbocycles. The lowest BCUT2D eigenvalue weighted by molar-refractivity contribution is 0.621. The molecule has 4 heterocycles. The van der Waals surface area contributed by atoms with Gasteiger partial charge < -0.3 is 15.2 Å². The number of nitrogens with zero attached hydrogens (tertiary/aromatic N) is 5. The first kappa shape index (κ1) is 13.9. The van der Waals surface area contributed by atoms with Gasteiger partial charge in [-0.15, -0.1) is 0 Å². The van der Waals surface area contributed by atoms with Crippen LogP contribution in [0.25, 0.3) is 11.2 Å². The number of nitrogens with one attached hydrogen (secondary N) is 2. The molecule has 23 heavy (non-hydrogen) atoms. The van der Waals surface area contributed by atoms with E-state index >= 15 is 0 Å². The molecule has 1 aliphatic heterocycles. The second kappa shape index (κ2) is 5.83. The van der Waals surface area contributed by atoms with Crippen LogP contribution in [-0.4, -0.2) is 44.6 Å². The fraction of sp³-hybridized carbons (Fsp3) is 0.375. The molecule has 1 aliphatic rings. The maximum Gasteiger partial charge on any atom is 0.182 e. The molecule has 0 radical (unpaired) electrons. The van der Waals surface area contributed by atoms with Crippen LogP contribution in [0, 0.1) is 12.8 Å². The third-order valence-electron chi connectivity index (χ3n) is 4.28. The van der Waals surface area contributed by atoms with Crippen molar-refractivity contribution in [1.29, 1.82) is 0 Å². The van der Waals surface area contributed by atoms with E-state index in [1.807, 2.05) is 12.3 Å². The third kappa shape index (κ3) is 2.81. The Bertz CT molecular complexity index is 813. The lowest BCUT2D eigenvalue weighted by Gasteiger charge is -2.18. The molecular weight excluding hydrogens is 290 g/mol. The van der Waals surface area contributed by atoms with Crippen molar-refractivity contribution in [2.45, 2.75) is 13.3 Å². The molecule has 0 aliphatic carbocycles. The van der Waals surface area contributed by atoms with E-state index in [0.717, 1.165) is 48.9 Å². The maximum atomic E-state index is 4.44. The molecule has 7 heteroatoms. The summed E-state index contributed by atoms with van der Waals surface area (Å²) in [6, 6.07) is 4.08. The van der Waals surface area contributed by atoms with Crippen molar-refractivity contribution in [2.75, 3.05) is 29.9 Å². The summed E-state index contributed by atoms with van der Waals surface area (Å²) in [7, 11) is 0. The Balaban J connectivity index is 1.42. The van der Waals surface area contributed by atoms with Crippen LogP contribution in [0.3, 0.4) is 0 Å². The van der Waals surface area contributed by atoms with Gasteiger partial charge in [-0.1, -0.05) is 0 Å². The first-order chi connectivity index (χ1) is 11.3. The molecule has 7 nitrogen and oxygen atoms in total. The number of aryl methyl sites for hydroxylation is 1. The molecule has 0 spiro atoms. The zero-order valence-electron chi connectivity index (χ0n) is 13.0. The molecule has 3 aromatic heterocycles. The van der Waals surface area contributed by atoms with Crippen molar-refractivity contribution in [1.82, 2.24) is 24.9 Å². The van der Waals surface area contributed by atoms with Crippen LogP contribution in [0.1, 0.15) is 12.0 Å². The van der Waals surface area contributed by atoms with E-state index in [-0.39, 0.29) is 0 Å². The van der Waals surface area contributed by atoms with E-state index in [4.69, 9.17) is 0 Å². The minimum absolute atomic E-state index is 0.574. The van der Waals surface area contributed by atoms with Gasteiger partial charge in [0.15, 0.2) is 11.5 Å². The summed E-state index contributed by atoms with van der Waals surface area (Å²) in [6.45, 7) is 4.97. The van der Waals surface area contributed by atoms with Gasteiger partial charge in [0, 0.05) is 25.8 Å². The Morgan fingerprint density at radius 2 is 2.26 bits per heavy atom. The summed E-state index contributed by atoms with van der Waals surface area (Å²) in [5.74, 6) is 2.47. The van der Waals surface area contributed by atoms with Crippen molar-refractivity contribution in [3.05, 3.63) is 36.5 Å². The molecule has 0 bridgehead atoms. The summed E-state index contributed by atoms with van der Waals surface area (Å²) < 4.78 is 0. The molecule has 0 aromatic carbocycles. The second-order valence-electron chi connectivity index (χ2n) is 6.00. The first-order valence-electron chi connectivity index (χ1n) is 7.85. The number of aromatic nitrogens is 5. The highest BCUT2D eigenvalue weighted by atomic mass is 15.2. The van der Waals surface area contributed by atoms with Crippen LogP contribution in [0.5, 0.6) is 0 Å². The Labute approximate surface area is 134 Å². The SMILES string of the molecule is Cc1ccnc(NCC2CCN(c3ncnc4nc[nH]c34)C2)c1. The monoisotopic (exact) mass is 309 g/mol. The Kier molecular flexibility index (Phi) is 3.53. The van der Waals surface area contributed by atoms with Gasteiger partial charge in [-0.2, -0.15) is 0 Å². The number of fused-ring (bicyclic) bond motifs is 1. The summed E-state index contributed by atoms with van der Waals surface area (Å²) in [4.78, 5) is 22.6. The lowest BCUT2D eigenvalue weighted by Crippen LogP contribution is -2.23. The minimum atomic E-state index is 0.574. The predicted octanol–water partition coefficient (Wildman–Crippen LogP) is 1.99. The summed E-state index contributed by atoms with van der Waals surface area (Å²) in [5, 5.41) is 3.44. The lowest BCUT2D eigenvalue weighted by atomic mass is 10.1. The number of anilines is 2. The molecule has 1 unspecified atom stereocenters. The largest absolute Gasteiger partial charge is 0.370 e. The van der Waals surface area contributed by atoms with Crippen molar-refractivity contribution in [3.8, 4) is 0 Å². The molecule has 3 aromatic rings. The average Bonchev–Trinajstić information content (AvgIpc) is 3.22. The number of imidazole rings is 1. The van der Waals surface area contributed by atoms with Gasteiger partial charge in [-0.25, -0.2) is 19.9 Å². The standard InChI is InChI=1S/C16H19N7/c1-11-2-4-17-13(6-11)18-7-12-3-5-23(8-12)16-14-15(20-9-19-14)21-10-22-16/h2,4,6,9-10,12H,3,5,7-8H2,1H3,(H,17,18)(H,19,20,21,22). The maximum absolute atomic E-state index is 4.44. The van der Waals surface area contributed by atoms with Crippen LogP contribution < -0.4 is 10.2 Å². The van der Waals surface area contributed by atoms with E-state index in [1.54, 1.807) is 12.7 Å². The van der Waals surface area contributed by atoms with Crippen molar-refractivity contribution in [3.63, 3.8) is 0 Å². The highest BCUT2D eigenvalue weighted by Gasteiger charge is 2.25. The van der Waals surface area contributed by atoms with Crippen LogP contribution in [-0.2, 0) is 0 Å². The summed E-state index contributed by atoms with van der Waals surface area (Å²) in [5.41, 5.74) is 2.86. The van der Waals surface area contributed by atoms with Crippen LogP contribution in [0.2, 0.25) is 0 Å². The van der Waals surface area contributed by atoms with Crippen LogP contribution >= 0.6 is 0 Å². The van der Waals surface area contributed by atoms with E-state index in [1.165, 1.54) is 5.56 Å². The van der Waals surface area contributed by atoms with Crippen molar-refractivity contribution in [2.24, 2.45) is 5.92 Å². The zero-order chi connectivity index (χ0) is 15.6. The zero-order valence-corrected chi connectivity index (χ0v) is 13.0. The number of hydrogen-bond donors (Lipinski definition) is 2. The minimum Gasteiger partial charge on any atom is -0.370 e. The number of aromatic amines is 1. The molecule has 1 saturated heterocycles. The van der Waals surface area contributed by atoms with E-state index < -0.39 is 0 Å². The molecular formula is C16H19N7. The van der Waals surface area contributed by atoms with Crippen LogP contribution in [0.15, 0.2) is 31.0 Å². The van der Waals surface area contributed by atoms with Gasteiger partial charge in [0.2, 0.25) is 0 Å². The third-order valence-corrected chi connectivity index (χ3v) is 4.28. The van der Waals surface area contributed by atoms with Crippen LogP contribution in [0.4, 0.5) is 11.6 Å². The first-order valence-corrected chi connectivity index (χ1v) is 7.85. The van der Waals surface area contributed by atoms with Crippen molar-refractivity contribution < 1.29 is 0 Å². The highest BCUT2D eigenvalue weighted by Crippen LogP contribution is 2.26. The quantitative estimate of drug-likeness (QED) is 0.767. The van der Waals surface area contributed by atoms with Gasteiger partial charge >= 0.3 is 0 Å². The van der Waals surface area contributed by atoms with Gasteiger partial charge in [-0.3, -0.25) is 0 Å². The fourth-order valence-electron chi connectivity index (χ4n) is 3.07. The van der Waals surface area contributed by atoms with Gasteiger partial charge in [0.05, 0.1) is 6.33 Å². The number of rotatable bonds is 4. The molecule has 4 rings (SSSR count). The molecule has 1 fully saturated rings. The Morgan fingerprint density at radius 1 is 1.30 bits per heavy atom. The Hall–Kier alpha value is -2.70. The van der Waals surface area contributed by atoms with Gasteiger partial charge in [-0.05, 0) is 37.0 Å². The predicted molar refractivity (Wildman–Crippen MR) is 89.5 cm³/mol. The molecule has 2 N–H and O–H groups in total. The number of H-pyrrole nitrogens is 1. The smallest absolute Gasteiger partial charge is 0.182 e. The normalized spacial score (nSPS) is 17.8. The van der Waals surface area contributed by atoms with E-state index in [2.05, 4.69) is 48.1 Å². The number of pyridine rings is 1. The molecule has 118 valence electrons. The van der Waals surface area contributed by atoms with E-state index in [9.17, 15) is 0 Å². The fourth-order valence-corrected chi connectivity index (χ4v) is 3.07. The van der Waals surface area contributed by atoms with E-state index in [0.29, 0.717) is 5.92 Å². The van der Waals surface area contributed by atoms with Crippen molar-refractivity contribution >= 4 is 22.8 Å².